The molecule has 0 aromatic heterocycles. The molecule has 0 spiro atoms. The largest absolute Gasteiger partial charge is 0.494 e. The molecule has 0 unspecified atom stereocenters. The van der Waals surface area contributed by atoms with Crippen LogP contribution in [0.15, 0.2) is 67.3 Å². The molecular formula is C25H25NO5. The molecule has 2 aromatic rings. The summed E-state index contributed by atoms with van der Waals surface area (Å²) in [6.45, 7) is 4.38. The summed E-state index contributed by atoms with van der Waals surface area (Å²) in [5, 5.41) is 8.77. The maximum Gasteiger partial charge on any atom is 0.336 e. The third kappa shape index (κ3) is 9.46. The number of nitriles is 1. The maximum absolute atomic E-state index is 11.9. The molecule has 0 aliphatic heterocycles. The van der Waals surface area contributed by atoms with Crippen LogP contribution in [0.3, 0.4) is 0 Å². The number of benzene rings is 2. The molecule has 6 heteroatoms. The fourth-order valence-corrected chi connectivity index (χ4v) is 2.57. The van der Waals surface area contributed by atoms with Gasteiger partial charge in [0.2, 0.25) is 0 Å². The van der Waals surface area contributed by atoms with Crippen molar-refractivity contribution in [2.75, 3.05) is 13.2 Å². The van der Waals surface area contributed by atoms with Crippen LogP contribution in [-0.2, 0) is 14.3 Å². The average molecular weight is 419 g/mol. The minimum Gasteiger partial charge on any atom is -0.494 e. The van der Waals surface area contributed by atoms with E-state index in [4.69, 9.17) is 19.5 Å². The summed E-state index contributed by atoms with van der Waals surface area (Å²) in [4.78, 5) is 22.8. The van der Waals surface area contributed by atoms with E-state index in [1.807, 2.05) is 30.3 Å². The van der Waals surface area contributed by atoms with Gasteiger partial charge in [-0.15, -0.1) is 0 Å². The lowest BCUT2D eigenvalue weighted by Crippen LogP contribution is -2.03. The van der Waals surface area contributed by atoms with Crippen molar-refractivity contribution in [2.24, 2.45) is 0 Å². The van der Waals surface area contributed by atoms with Gasteiger partial charge in [0.15, 0.2) is 0 Å². The van der Waals surface area contributed by atoms with E-state index in [9.17, 15) is 9.59 Å². The lowest BCUT2D eigenvalue weighted by Gasteiger charge is -2.06. The highest BCUT2D eigenvalue weighted by Gasteiger charge is 2.01. The first-order chi connectivity index (χ1) is 15.1. The Morgan fingerprint density at radius 2 is 1.52 bits per heavy atom. The molecule has 6 nitrogen and oxygen atoms in total. The Labute approximate surface area is 182 Å². The minimum absolute atomic E-state index is 0.384. The van der Waals surface area contributed by atoms with E-state index in [1.165, 1.54) is 6.08 Å². The summed E-state index contributed by atoms with van der Waals surface area (Å²) in [5.41, 5.74) is 1.35. The maximum atomic E-state index is 11.9. The third-order valence-electron chi connectivity index (χ3n) is 4.21. The monoisotopic (exact) mass is 419 g/mol. The molecule has 0 bridgehead atoms. The Morgan fingerprint density at radius 1 is 0.871 bits per heavy atom. The Kier molecular flexibility index (Phi) is 10.1. The quantitative estimate of drug-likeness (QED) is 0.212. The lowest BCUT2D eigenvalue weighted by molar-refractivity contribution is -0.137. The van der Waals surface area contributed by atoms with Gasteiger partial charge in [-0.05, 0) is 73.7 Å². The van der Waals surface area contributed by atoms with Gasteiger partial charge >= 0.3 is 11.9 Å². The standard InChI is InChI=1S/C25H25NO5/c1-2-24(27)30-18-6-4-3-5-17-29-22-12-7-20(8-13-22)11-16-25(28)31-23-14-9-21(19-26)10-15-23/h2,7-16H,1,3-6,17-18H2. The van der Waals surface area contributed by atoms with Crippen LogP contribution in [0.25, 0.3) is 6.08 Å². The van der Waals surface area contributed by atoms with Crippen LogP contribution in [0.1, 0.15) is 36.8 Å². The molecule has 0 amide bonds. The molecule has 2 rings (SSSR count). The van der Waals surface area contributed by atoms with Gasteiger partial charge in [0.1, 0.15) is 11.5 Å². The molecule has 0 saturated carbocycles. The Balaban J connectivity index is 1.64. The van der Waals surface area contributed by atoms with Crippen molar-refractivity contribution in [3.63, 3.8) is 0 Å². The lowest BCUT2D eigenvalue weighted by atomic mass is 10.2. The summed E-state index contributed by atoms with van der Waals surface area (Å²) in [6, 6.07) is 15.7. The van der Waals surface area contributed by atoms with Crippen molar-refractivity contribution in [3.8, 4) is 17.6 Å². The first-order valence-electron chi connectivity index (χ1n) is 10.0. The van der Waals surface area contributed by atoms with Crippen molar-refractivity contribution in [1.82, 2.24) is 0 Å². The van der Waals surface area contributed by atoms with E-state index in [0.29, 0.717) is 24.5 Å². The van der Waals surface area contributed by atoms with Crippen molar-refractivity contribution < 1.29 is 23.8 Å². The number of hydrogen-bond donors (Lipinski definition) is 0. The molecule has 0 aliphatic carbocycles. The molecule has 0 fully saturated rings. The molecule has 160 valence electrons. The normalized spacial score (nSPS) is 10.3. The molecule has 0 radical (unpaired) electrons. The van der Waals surface area contributed by atoms with Crippen LogP contribution in [-0.4, -0.2) is 25.2 Å². The summed E-state index contributed by atoms with van der Waals surface area (Å²) in [7, 11) is 0. The molecule has 2 aromatic carbocycles. The zero-order chi connectivity index (χ0) is 22.3. The number of unbranched alkanes of at least 4 members (excludes halogenated alkanes) is 3. The van der Waals surface area contributed by atoms with E-state index in [0.717, 1.165) is 43.1 Å². The molecule has 0 aliphatic rings. The van der Waals surface area contributed by atoms with Crippen LogP contribution in [0.5, 0.6) is 11.5 Å². The highest BCUT2D eigenvalue weighted by molar-refractivity contribution is 5.88. The van der Waals surface area contributed by atoms with E-state index < -0.39 is 5.97 Å². The molecule has 0 heterocycles. The molecule has 0 saturated heterocycles. The van der Waals surface area contributed by atoms with Gasteiger partial charge in [-0.3, -0.25) is 0 Å². The first kappa shape index (κ1) is 23.4. The predicted octanol–water partition coefficient (Wildman–Crippen LogP) is 4.85. The zero-order valence-electron chi connectivity index (χ0n) is 17.3. The summed E-state index contributed by atoms with van der Waals surface area (Å²) >= 11 is 0. The Hall–Kier alpha value is -3.85. The number of carbonyl (C=O) groups is 2. The fourth-order valence-electron chi connectivity index (χ4n) is 2.57. The van der Waals surface area contributed by atoms with E-state index in [2.05, 4.69) is 6.58 Å². The Bertz CT molecular complexity index is 924. The topological polar surface area (TPSA) is 85.6 Å². The number of nitrogens with zero attached hydrogens (tertiary/aromatic N) is 1. The highest BCUT2D eigenvalue weighted by Crippen LogP contribution is 2.15. The van der Waals surface area contributed by atoms with Crippen LogP contribution in [0, 0.1) is 11.3 Å². The molecule has 0 atom stereocenters. The van der Waals surface area contributed by atoms with Crippen molar-refractivity contribution in [2.45, 2.75) is 25.7 Å². The first-order valence-corrected chi connectivity index (χ1v) is 10.0. The second kappa shape index (κ2) is 13.4. The minimum atomic E-state index is -0.496. The van der Waals surface area contributed by atoms with Gasteiger partial charge in [0.25, 0.3) is 0 Å². The van der Waals surface area contributed by atoms with Crippen LogP contribution in [0.2, 0.25) is 0 Å². The SMILES string of the molecule is C=CC(=O)OCCCCCCOc1ccc(C=CC(=O)Oc2ccc(C#N)cc2)cc1. The van der Waals surface area contributed by atoms with Crippen molar-refractivity contribution >= 4 is 18.0 Å². The summed E-state index contributed by atoms with van der Waals surface area (Å²) in [6.07, 6.45) is 7.88. The number of ether oxygens (including phenoxy) is 3. The van der Waals surface area contributed by atoms with Crippen LogP contribution >= 0.6 is 0 Å². The fraction of sp³-hybridized carbons (Fsp3) is 0.240. The van der Waals surface area contributed by atoms with Crippen molar-refractivity contribution in [3.05, 3.63) is 78.4 Å². The second-order valence-electron chi connectivity index (χ2n) is 6.59. The summed E-state index contributed by atoms with van der Waals surface area (Å²) in [5.74, 6) is 0.265. The number of esters is 2. The average Bonchev–Trinajstić information content (AvgIpc) is 2.80. The predicted molar refractivity (Wildman–Crippen MR) is 117 cm³/mol. The highest BCUT2D eigenvalue weighted by atomic mass is 16.5. The van der Waals surface area contributed by atoms with Gasteiger partial charge in [-0.2, -0.15) is 5.26 Å². The molecule has 0 N–H and O–H groups in total. The van der Waals surface area contributed by atoms with Crippen LogP contribution in [0.4, 0.5) is 0 Å². The number of rotatable bonds is 12. The number of hydrogen-bond acceptors (Lipinski definition) is 6. The van der Waals surface area contributed by atoms with E-state index in [1.54, 1.807) is 30.3 Å². The molecule has 31 heavy (non-hydrogen) atoms. The van der Waals surface area contributed by atoms with Gasteiger partial charge in [0.05, 0.1) is 24.8 Å². The second-order valence-corrected chi connectivity index (χ2v) is 6.59. The van der Waals surface area contributed by atoms with E-state index in [-0.39, 0.29) is 5.97 Å². The van der Waals surface area contributed by atoms with Gasteiger partial charge in [-0.1, -0.05) is 18.7 Å². The summed E-state index contributed by atoms with van der Waals surface area (Å²) < 4.78 is 15.8. The van der Waals surface area contributed by atoms with Gasteiger partial charge < -0.3 is 14.2 Å². The zero-order valence-corrected chi connectivity index (χ0v) is 17.3. The third-order valence-corrected chi connectivity index (χ3v) is 4.21. The number of carbonyl (C=O) groups excluding carboxylic acids is 2. The molecular weight excluding hydrogens is 394 g/mol. The van der Waals surface area contributed by atoms with Crippen molar-refractivity contribution in [1.29, 1.82) is 5.26 Å². The van der Waals surface area contributed by atoms with Crippen LogP contribution < -0.4 is 9.47 Å². The Morgan fingerprint density at radius 3 is 2.16 bits per heavy atom. The van der Waals surface area contributed by atoms with Gasteiger partial charge in [0, 0.05) is 12.2 Å². The van der Waals surface area contributed by atoms with Gasteiger partial charge in [-0.25, -0.2) is 9.59 Å². The van der Waals surface area contributed by atoms with E-state index >= 15 is 0 Å². The smallest absolute Gasteiger partial charge is 0.336 e.